The second-order valence-electron chi connectivity index (χ2n) is 4.88. The molecule has 0 amide bonds. The van der Waals surface area contributed by atoms with Gasteiger partial charge in [0.1, 0.15) is 5.82 Å². The number of H-pyrrole nitrogens is 1. The van der Waals surface area contributed by atoms with E-state index < -0.39 is 0 Å². The maximum Gasteiger partial charge on any atom is 0.178 e. The second-order valence-corrected chi connectivity index (χ2v) is 5.67. The Morgan fingerprint density at radius 3 is 2.72 bits per heavy atom. The fourth-order valence-corrected chi connectivity index (χ4v) is 3.34. The molecule has 1 aliphatic rings. The molecule has 96 valence electrons. The van der Waals surface area contributed by atoms with Gasteiger partial charge in [-0.15, -0.1) is 0 Å². The van der Waals surface area contributed by atoms with E-state index >= 15 is 0 Å². The normalized spacial score (nSPS) is 17.4. The van der Waals surface area contributed by atoms with Crippen molar-refractivity contribution in [3.63, 3.8) is 0 Å². The average Bonchev–Trinajstić information content (AvgIpc) is 2.66. The first-order valence-corrected chi connectivity index (χ1v) is 7.04. The third kappa shape index (κ3) is 1.97. The molecular weight excluding hydrogens is 271 g/mol. The number of aromatic nitrogens is 2. The molecule has 0 bridgehead atoms. The van der Waals surface area contributed by atoms with Gasteiger partial charge in [0.15, 0.2) is 4.77 Å². The van der Waals surface area contributed by atoms with Gasteiger partial charge in [0.25, 0.3) is 0 Å². The predicted octanol–water partition coefficient (Wildman–Crippen LogP) is 5.00. The zero-order chi connectivity index (χ0) is 12.7. The van der Waals surface area contributed by atoms with Crippen LogP contribution in [0, 0.1) is 10.6 Å². The number of rotatable bonds is 1. The summed E-state index contributed by atoms with van der Waals surface area (Å²) in [5.41, 5.74) is 1.64. The third-order valence-corrected chi connectivity index (χ3v) is 4.29. The fraction of sp³-hybridized carbons (Fsp3) is 0.462. The van der Waals surface area contributed by atoms with Gasteiger partial charge in [-0.1, -0.05) is 30.9 Å². The van der Waals surface area contributed by atoms with Crippen molar-refractivity contribution in [3.8, 4) is 0 Å². The molecule has 1 N–H and O–H groups in total. The van der Waals surface area contributed by atoms with Crippen LogP contribution in [0.1, 0.15) is 38.1 Å². The van der Waals surface area contributed by atoms with Crippen molar-refractivity contribution in [2.45, 2.75) is 38.1 Å². The smallest absolute Gasteiger partial charge is 0.178 e. The summed E-state index contributed by atoms with van der Waals surface area (Å²) in [4.78, 5) is 3.12. The highest BCUT2D eigenvalue weighted by Gasteiger charge is 2.19. The quantitative estimate of drug-likeness (QED) is 0.731. The van der Waals surface area contributed by atoms with Crippen molar-refractivity contribution < 1.29 is 4.39 Å². The van der Waals surface area contributed by atoms with E-state index in [0.717, 1.165) is 23.9 Å². The highest BCUT2D eigenvalue weighted by atomic mass is 35.5. The van der Waals surface area contributed by atoms with Crippen LogP contribution in [0.4, 0.5) is 4.39 Å². The Morgan fingerprint density at radius 1 is 1.28 bits per heavy atom. The molecule has 0 aliphatic heterocycles. The van der Waals surface area contributed by atoms with Crippen LogP contribution in [-0.4, -0.2) is 9.55 Å². The van der Waals surface area contributed by atoms with E-state index in [2.05, 4.69) is 9.55 Å². The molecule has 1 aromatic carbocycles. The van der Waals surface area contributed by atoms with E-state index in [1.807, 2.05) is 0 Å². The van der Waals surface area contributed by atoms with Crippen molar-refractivity contribution >= 4 is 34.9 Å². The molecular formula is C13H14ClFN2S. The summed E-state index contributed by atoms with van der Waals surface area (Å²) in [6.07, 6.45) is 5.95. The Bertz CT molecular complexity index is 640. The maximum atomic E-state index is 13.6. The van der Waals surface area contributed by atoms with Gasteiger partial charge < -0.3 is 9.55 Å². The number of nitrogens with zero attached hydrogens (tertiary/aromatic N) is 1. The molecule has 18 heavy (non-hydrogen) atoms. The number of imidazole rings is 1. The molecule has 1 heterocycles. The molecule has 1 fully saturated rings. The van der Waals surface area contributed by atoms with Gasteiger partial charge in [-0.3, -0.25) is 0 Å². The lowest BCUT2D eigenvalue weighted by Gasteiger charge is -2.23. The minimum atomic E-state index is -0.386. The van der Waals surface area contributed by atoms with Crippen molar-refractivity contribution in [1.82, 2.24) is 9.55 Å². The van der Waals surface area contributed by atoms with Gasteiger partial charge in [0.2, 0.25) is 0 Å². The zero-order valence-electron chi connectivity index (χ0n) is 9.88. The summed E-state index contributed by atoms with van der Waals surface area (Å²) < 4.78 is 16.3. The number of halogens is 2. The van der Waals surface area contributed by atoms with Crippen LogP contribution in [0.5, 0.6) is 0 Å². The first-order chi connectivity index (χ1) is 8.66. The fourth-order valence-electron chi connectivity index (χ4n) is 2.82. The van der Waals surface area contributed by atoms with Crippen molar-refractivity contribution in [2.75, 3.05) is 0 Å². The lowest BCUT2D eigenvalue weighted by molar-refractivity contribution is 0.357. The molecule has 0 atom stereocenters. The third-order valence-electron chi connectivity index (χ3n) is 3.70. The van der Waals surface area contributed by atoms with Crippen molar-refractivity contribution in [1.29, 1.82) is 0 Å². The SMILES string of the molecule is Fc1cc2c(cc1Cl)[nH]c(=S)n2C1CCCCC1. The van der Waals surface area contributed by atoms with Crippen LogP contribution in [0.25, 0.3) is 11.0 Å². The molecule has 1 aliphatic carbocycles. The number of benzene rings is 1. The van der Waals surface area contributed by atoms with Crippen LogP contribution >= 0.6 is 23.8 Å². The van der Waals surface area contributed by atoms with Gasteiger partial charge in [0.05, 0.1) is 16.1 Å². The first kappa shape index (κ1) is 12.2. The lowest BCUT2D eigenvalue weighted by atomic mass is 9.95. The van der Waals surface area contributed by atoms with E-state index in [-0.39, 0.29) is 10.8 Å². The second kappa shape index (κ2) is 4.67. The molecule has 1 aromatic heterocycles. The molecule has 5 heteroatoms. The van der Waals surface area contributed by atoms with E-state index in [0.29, 0.717) is 10.8 Å². The minimum absolute atomic E-state index is 0.134. The molecule has 0 saturated heterocycles. The number of nitrogens with one attached hydrogen (secondary N) is 1. The Balaban J connectivity index is 2.18. The zero-order valence-corrected chi connectivity index (χ0v) is 11.5. The Labute approximate surface area is 115 Å². The maximum absolute atomic E-state index is 13.6. The molecule has 3 rings (SSSR count). The number of fused-ring (bicyclic) bond motifs is 1. The molecule has 2 aromatic rings. The number of hydrogen-bond donors (Lipinski definition) is 1. The molecule has 0 radical (unpaired) electrons. The highest BCUT2D eigenvalue weighted by molar-refractivity contribution is 7.71. The summed E-state index contributed by atoms with van der Waals surface area (Å²) in [6, 6.07) is 3.49. The van der Waals surface area contributed by atoms with Crippen LogP contribution in [0.2, 0.25) is 5.02 Å². The number of hydrogen-bond acceptors (Lipinski definition) is 1. The van der Waals surface area contributed by atoms with Crippen LogP contribution in [0.3, 0.4) is 0 Å². The summed E-state index contributed by atoms with van der Waals surface area (Å²) in [6.45, 7) is 0. The van der Waals surface area contributed by atoms with Gasteiger partial charge in [-0.25, -0.2) is 4.39 Å². The summed E-state index contributed by atoms with van der Waals surface area (Å²) >= 11 is 11.2. The van der Waals surface area contributed by atoms with Gasteiger partial charge in [0, 0.05) is 12.1 Å². The monoisotopic (exact) mass is 284 g/mol. The number of aromatic amines is 1. The summed E-state index contributed by atoms with van der Waals surface area (Å²) in [7, 11) is 0. The van der Waals surface area contributed by atoms with Gasteiger partial charge in [-0.2, -0.15) is 0 Å². The summed E-state index contributed by atoms with van der Waals surface area (Å²) in [5.74, 6) is -0.386. The van der Waals surface area contributed by atoms with Crippen LogP contribution in [0.15, 0.2) is 12.1 Å². The Morgan fingerprint density at radius 2 is 2.00 bits per heavy atom. The Hall–Kier alpha value is -0.870. The first-order valence-electron chi connectivity index (χ1n) is 6.26. The van der Waals surface area contributed by atoms with E-state index in [1.54, 1.807) is 6.07 Å². The molecule has 0 unspecified atom stereocenters. The average molecular weight is 285 g/mol. The molecule has 2 nitrogen and oxygen atoms in total. The van der Waals surface area contributed by atoms with E-state index in [1.165, 1.54) is 25.3 Å². The van der Waals surface area contributed by atoms with Crippen molar-refractivity contribution in [2.24, 2.45) is 0 Å². The van der Waals surface area contributed by atoms with Crippen LogP contribution in [-0.2, 0) is 0 Å². The largest absolute Gasteiger partial charge is 0.331 e. The van der Waals surface area contributed by atoms with Gasteiger partial charge >= 0.3 is 0 Å². The van der Waals surface area contributed by atoms with Gasteiger partial charge in [-0.05, 0) is 31.1 Å². The van der Waals surface area contributed by atoms with Crippen molar-refractivity contribution in [3.05, 3.63) is 27.7 Å². The lowest BCUT2D eigenvalue weighted by Crippen LogP contribution is -2.12. The highest BCUT2D eigenvalue weighted by Crippen LogP contribution is 2.32. The molecule has 0 spiro atoms. The minimum Gasteiger partial charge on any atom is -0.331 e. The predicted molar refractivity (Wildman–Crippen MR) is 74.2 cm³/mol. The molecule has 1 saturated carbocycles. The topological polar surface area (TPSA) is 20.7 Å². The Kier molecular flexibility index (Phi) is 3.16. The van der Waals surface area contributed by atoms with E-state index in [4.69, 9.17) is 23.8 Å². The summed E-state index contributed by atoms with van der Waals surface area (Å²) in [5, 5.41) is 0.134. The van der Waals surface area contributed by atoms with Crippen LogP contribution < -0.4 is 0 Å². The van der Waals surface area contributed by atoms with E-state index in [9.17, 15) is 4.39 Å². The standard InChI is InChI=1S/C13H14ClFN2S/c14-9-6-11-12(7-10(9)15)17(13(18)16-11)8-4-2-1-3-5-8/h6-8H,1-5H2,(H,16,18).